The van der Waals surface area contributed by atoms with Gasteiger partial charge in [-0.05, 0) is 63.3 Å². The van der Waals surface area contributed by atoms with Crippen LogP contribution in [0.15, 0.2) is 37.1 Å². The van der Waals surface area contributed by atoms with Gasteiger partial charge in [0.15, 0.2) is 5.82 Å². The van der Waals surface area contributed by atoms with Gasteiger partial charge in [-0.1, -0.05) is 24.2 Å². The summed E-state index contributed by atoms with van der Waals surface area (Å²) >= 11 is 6.92. The number of halogens is 2. The number of likely N-dealkylation sites (tertiary alicyclic amines) is 1. The fourth-order valence-electron chi connectivity index (χ4n) is 6.78. The summed E-state index contributed by atoms with van der Waals surface area (Å²) in [6.45, 7) is 11.3. The van der Waals surface area contributed by atoms with Gasteiger partial charge in [-0.3, -0.25) is 9.89 Å². The monoisotopic (exact) mass is 602 g/mol. The molecule has 224 valence electrons. The van der Waals surface area contributed by atoms with Crippen LogP contribution in [0, 0.1) is 12.7 Å². The molecule has 1 atom stereocenters. The molecule has 0 unspecified atom stereocenters. The number of hydrogen-bond acceptors (Lipinski definition) is 7. The van der Waals surface area contributed by atoms with Crippen LogP contribution >= 0.6 is 11.6 Å². The fraction of sp³-hybridized carbons (Fsp3) is 0.438. The Balaban J connectivity index is 1.33. The van der Waals surface area contributed by atoms with Gasteiger partial charge in [0.05, 0.1) is 16.7 Å². The number of piperidine rings is 1. The first-order chi connectivity index (χ1) is 20.8. The molecule has 0 radical (unpaired) electrons. The highest BCUT2D eigenvalue weighted by Crippen LogP contribution is 2.42. The molecule has 9 nitrogen and oxygen atoms in total. The number of piperazine rings is 1. The number of carbonyl (C=O) groups is 1. The lowest BCUT2D eigenvalue weighted by molar-refractivity contribution is -0.126. The van der Waals surface area contributed by atoms with Gasteiger partial charge >= 0.3 is 0 Å². The molecule has 7 rings (SSSR count). The number of fused-ring (bicyclic) bond motifs is 2. The molecule has 2 N–H and O–H groups in total. The average Bonchev–Trinajstić information content (AvgIpc) is 3.75. The summed E-state index contributed by atoms with van der Waals surface area (Å²) in [5.41, 5.74) is 2.92. The predicted molar refractivity (Wildman–Crippen MR) is 169 cm³/mol. The van der Waals surface area contributed by atoms with E-state index in [4.69, 9.17) is 21.6 Å². The van der Waals surface area contributed by atoms with Gasteiger partial charge in [0.2, 0.25) is 11.9 Å². The lowest BCUT2D eigenvalue weighted by atomic mass is 9.95. The van der Waals surface area contributed by atoms with Gasteiger partial charge < -0.3 is 20.0 Å². The van der Waals surface area contributed by atoms with Gasteiger partial charge in [0.25, 0.3) is 0 Å². The van der Waals surface area contributed by atoms with E-state index in [1.165, 1.54) is 18.9 Å². The van der Waals surface area contributed by atoms with E-state index in [0.717, 1.165) is 48.4 Å². The zero-order valence-electron chi connectivity index (χ0n) is 24.5. The van der Waals surface area contributed by atoms with Crippen molar-refractivity contribution in [2.45, 2.75) is 57.7 Å². The molecule has 4 aromatic rings. The maximum Gasteiger partial charge on any atom is 0.246 e. The summed E-state index contributed by atoms with van der Waals surface area (Å²) < 4.78 is 16.9. The number of aryl methyl sites for hydroxylation is 1. The number of amides is 1. The van der Waals surface area contributed by atoms with Crippen LogP contribution in [0.1, 0.15) is 38.2 Å². The van der Waals surface area contributed by atoms with E-state index in [1.807, 2.05) is 26.0 Å². The summed E-state index contributed by atoms with van der Waals surface area (Å²) in [4.78, 5) is 28.6. The molecule has 2 aromatic heterocycles. The smallest absolute Gasteiger partial charge is 0.246 e. The van der Waals surface area contributed by atoms with Crippen molar-refractivity contribution in [1.82, 2.24) is 30.0 Å². The molecule has 4 heterocycles. The van der Waals surface area contributed by atoms with Gasteiger partial charge in [0, 0.05) is 72.7 Å². The zero-order chi connectivity index (χ0) is 29.8. The van der Waals surface area contributed by atoms with Crippen LogP contribution < -0.4 is 10.2 Å². The molecule has 2 aliphatic heterocycles. The highest BCUT2D eigenvalue weighted by atomic mass is 35.5. The average molecular weight is 603 g/mol. The molecule has 1 aliphatic carbocycles. The van der Waals surface area contributed by atoms with Gasteiger partial charge in [-0.15, -0.1) is 0 Å². The molecular weight excluding hydrogens is 567 g/mol. The van der Waals surface area contributed by atoms with Crippen LogP contribution in [0.4, 0.5) is 16.2 Å². The third-order valence-electron chi connectivity index (χ3n) is 9.26. The first kappa shape index (κ1) is 28.0. The molecule has 0 spiro atoms. The number of aromatic amines is 1. The van der Waals surface area contributed by atoms with E-state index in [0.29, 0.717) is 47.9 Å². The number of nitrogens with zero attached hydrogens (tertiary/aromatic N) is 6. The second-order valence-corrected chi connectivity index (χ2v) is 12.5. The first-order valence-electron chi connectivity index (χ1n) is 15.1. The summed E-state index contributed by atoms with van der Waals surface area (Å²) in [5.74, 6) is 0.449. The molecule has 11 heteroatoms. The van der Waals surface area contributed by atoms with Crippen LogP contribution in [0.25, 0.3) is 32.9 Å². The molecule has 1 amide bonds. The molecule has 0 bridgehead atoms. The number of rotatable bonds is 6. The van der Waals surface area contributed by atoms with Gasteiger partial charge in [0.1, 0.15) is 11.3 Å². The Kier molecular flexibility index (Phi) is 7.21. The van der Waals surface area contributed by atoms with E-state index >= 15 is 4.39 Å². The number of nitrogens with one attached hydrogen (secondary N) is 2. The highest BCUT2D eigenvalue weighted by molar-refractivity contribution is 6.35. The number of benzene rings is 2. The van der Waals surface area contributed by atoms with Crippen LogP contribution in [-0.4, -0.2) is 86.7 Å². The number of H-pyrrole nitrogens is 1. The third kappa shape index (κ3) is 5.10. The van der Waals surface area contributed by atoms with Crippen molar-refractivity contribution in [3.8, 4) is 11.1 Å². The first-order valence-corrected chi connectivity index (χ1v) is 15.5. The minimum Gasteiger partial charge on any atom is -0.351 e. The minimum absolute atomic E-state index is 0.0613. The quantitative estimate of drug-likeness (QED) is 0.280. The van der Waals surface area contributed by atoms with E-state index in [9.17, 15) is 4.79 Å². The summed E-state index contributed by atoms with van der Waals surface area (Å²) in [7, 11) is 0. The number of anilines is 2. The Morgan fingerprint density at radius 1 is 1.12 bits per heavy atom. The molecule has 2 saturated heterocycles. The Morgan fingerprint density at radius 2 is 1.91 bits per heavy atom. The predicted octanol–water partition coefficient (Wildman–Crippen LogP) is 5.54. The molecule has 43 heavy (non-hydrogen) atoms. The maximum atomic E-state index is 16.9. The van der Waals surface area contributed by atoms with E-state index in [-0.39, 0.29) is 28.5 Å². The van der Waals surface area contributed by atoms with Crippen molar-refractivity contribution in [3.05, 3.63) is 53.5 Å². The molecular formula is C32H36ClFN8O. The van der Waals surface area contributed by atoms with Crippen molar-refractivity contribution in [3.63, 3.8) is 0 Å². The second kappa shape index (κ2) is 11.1. The van der Waals surface area contributed by atoms with Crippen LogP contribution in [0.5, 0.6) is 0 Å². The van der Waals surface area contributed by atoms with Crippen LogP contribution in [0.2, 0.25) is 5.02 Å². The summed E-state index contributed by atoms with van der Waals surface area (Å²) in [6, 6.07) is 6.55. The van der Waals surface area contributed by atoms with Crippen molar-refractivity contribution >= 4 is 51.1 Å². The Hall–Kier alpha value is -3.76. The van der Waals surface area contributed by atoms with E-state index in [1.54, 1.807) is 17.2 Å². The van der Waals surface area contributed by atoms with Gasteiger partial charge in [-0.25, -0.2) is 9.37 Å². The molecule has 3 aliphatic rings. The topological polar surface area (TPSA) is 93.3 Å². The van der Waals surface area contributed by atoms with Crippen LogP contribution in [-0.2, 0) is 4.79 Å². The molecule has 2 aromatic carbocycles. The lowest BCUT2D eigenvalue weighted by Gasteiger charge is -2.40. The van der Waals surface area contributed by atoms with E-state index < -0.39 is 5.82 Å². The van der Waals surface area contributed by atoms with Gasteiger partial charge in [-0.2, -0.15) is 10.1 Å². The van der Waals surface area contributed by atoms with Crippen molar-refractivity contribution in [1.29, 1.82) is 0 Å². The molecule has 3 fully saturated rings. The minimum atomic E-state index is -0.484. The zero-order valence-corrected chi connectivity index (χ0v) is 25.3. The Morgan fingerprint density at radius 3 is 2.63 bits per heavy atom. The van der Waals surface area contributed by atoms with Crippen molar-refractivity contribution in [2.24, 2.45) is 0 Å². The second-order valence-electron chi connectivity index (χ2n) is 12.1. The van der Waals surface area contributed by atoms with Crippen molar-refractivity contribution in [2.75, 3.05) is 42.9 Å². The Bertz CT molecular complexity index is 1730. The Labute approximate surface area is 255 Å². The number of carbonyl (C=O) groups excluding carboxylic acids is 1. The third-order valence-corrected chi connectivity index (χ3v) is 9.56. The summed E-state index contributed by atoms with van der Waals surface area (Å²) in [6.07, 6.45) is 7.63. The molecule has 1 saturated carbocycles. The number of hydrogen-bond donors (Lipinski definition) is 2. The number of aromatic nitrogens is 4. The highest BCUT2D eigenvalue weighted by Gasteiger charge is 2.33. The van der Waals surface area contributed by atoms with Crippen LogP contribution in [0.3, 0.4) is 0 Å². The largest absolute Gasteiger partial charge is 0.351 e. The lowest BCUT2D eigenvalue weighted by Crippen LogP contribution is -2.53. The van der Waals surface area contributed by atoms with E-state index in [2.05, 4.69) is 31.9 Å². The van der Waals surface area contributed by atoms with Crippen molar-refractivity contribution < 1.29 is 9.18 Å². The normalized spacial score (nSPS) is 20.2. The maximum absolute atomic E-state index is 16.9. The summed E-state index contributed by atoms with van der Waals surface area (Å²) in [5, 5.41) is 12.4. The SMILES string of the molecule is C=CC(=O)N1CCN(c2nc(NC3CCN(C4CC4)CC3)nc3c(F)c(-c4c(C)ccc5[nH]ncc45)c(Cl)cc23)[C@@H](C)C1. The standard InChI is InChI=1S/C32H36ClFN8O/c1-4-26(43)41-13-14-42(19(3)17-41)31-22-15-24(33)28(27-18(2)5-8-25-23(27)16-35-39-25)29(34)30(22)37-32(38-31)36-20-9-11-40(12-10-20)21-6-7-21/h4-5,8,15-16,19-21H,1,6-7,9-14,17H2,2-3H3,(H,35,39)(H,36,37,38)/t19-/m0/s1. The fourth-order valence-corrected chi connectivity index (χ4v) is 7.07.